The van der Waals surface area contributed by atoms with E-state index in [1.54, 1.807) is 0 Å². The predicted molar refractivity (Wildman–Crippen MR) is 53.2 cm³/mol. The number of nitrogens with two attached hydrogens (primary N) is 1. The highest BCUT2D eigenvalue weighted by Gasteiger charge is 2.38. The second kappa shape index (κ2) is 3.52. The SMILES string of the molecule is NC1(Cc2cc(F)c(F)c(C(=O)O)c2)CC1. The molecule has 0 unspecified atom stereocenters. The molecular weight excluding hydrogens is 216 g/mol. The van der Waals surface area contributed by atoms with E-state index in [2.05, 4.69) is 0 Å². The molecule has 0 atom stereocenters. The monoisotopic (exact) mass is 227 g/mol. The average molecular weight is 227 g/mol. The highest BCUT2D eigenvalue weighted by molar-refractivity contribution is 5.88. The van der Waals surface area contributed by atoms with Crippen LogP contribution in [-0.2, 0) is 6.42 Å². The van der Waals surface area contributed by atoms with Gasteiger partial charge in [-0.05, 0) is 37.0 Å². The first-order valence-corrected chi connectivity index (χ1v) is 4.91. The van der Waals surface area contributed by atoms with Gasteiger partial charge >= 0.3 is 5.97 Å². The average Bonchev–Trinajstić information content (AvgIpc) is 2.89. The molecule has 0 amide bonds. The van der Waals surface area contributed by atoms with Gasteiger partial charge in [-0.1, -0.05) is 0 Å². The molecule has 0 heterocycles. The second-order valence-corrected chi connectivity index (χ2v) is 4.28. The Morgan fingerprint density at radius 2 is 2.06 bits per heavy atom. The lowest BCUT2D eigenvalue weighted by atomic mass is 10.0. The smallest absolute Gasteiger partial charge is 0.338 e. The molecule has 0 aromatic heterocycles. The third kappa shape index (κ3) is 2.04. The van der Waals surface area contributed by atoms with Gasteiger partial charge in [-0.25, -0.2) is 13.6 Å². The Morgan fingerprint density at radius 1 is 1.44 bits per heavy atom. The Labute approximate surface area is 90.9 Å². The number of aromatic carboxylic acids is 1. The minimum atomic E-state index is -1.47. The van der Waals surface area contributed by atoms with Crippen LogP contribution >= 0.6 is 0 Å². The van der Waals surface area contributed by atoms with Crippen LogP contribution in [0.5, 0.6) is 0 Å². The molecule has 1 aromatic rings. The van der Waals surface area contributed by atoms with E-state index in [9.17, 15) is 13.6 Å². The summed E-state index contributed by atoms with van der Waals surface area (Å²) in [6.45, 7) is 0. The van der Waals surface area contributed by atoms with Crippen LogP contribution in [0, 0.1) is 11.6 Å². The summed E-state index contributed by atoms with van der Waals surface area (Å²) in [6, 6.07) is 2.16. The zero-order valence-corrected chi connectivity index (χ0v) is 8.46. The van der Waals surface area contributed by atoms with Crippen LogP contribution in [0.4, 0.5) is 8.78 Å². The molecule has 5 heteroatoms. The van der Waals surface area contributed by atoms with E-state index in [1.165, 1.54) is 0 Å². The molecule has 1 fully saturated rings. The maximum atomic E-state index is 13.1. The highest BCUT2D eigenvalue weighted by Crippen LogP contribution is 2.36. The van der Waals surface area contributed by atoms with E-state index in [1.807, 2.05) is 0 Å². The van der Waals surface area contributed by atoms with Crippen LogP contribution in [0.15, 0.2) is 12.1 Å². The summed E-state index contributed by atoms with van der Waals surface area (Å²) in [6.07, 6.45) is 2.04. The molecule has 1 aliphatic carbocycles. The molecule has 16 heavy (non-hydrogen) atoms. The molecule has 3 nitrogen and oxygen atoms in total. The maximum absolute atomic E-state index is 13.1. The summed E-state index contributed by atoms with van der Waals surface area (Å²) >= 11 is 0. The molecule has 2 rings (SSSR count). The van der Waals surface area contributed by atoms with Crippen molar-refractivity contribution in [1.29, 1.82) is 0 Å². The summed E-state index contributed by atoms with van der Waals surface area (Å²) in [5, 5.41) is 8.69. The van der Waals surface area contributed by atoms with Crippen LogP contribution in [0.1, 0.15) is 28.8 Å². The lowest BCUT2D eigenvalue weighted by molar-refractivity contribution is 0.0690. The van der Waals surface area contributed by atoms with Gasteiger partial charge in [-0.3, -0.25) is 0 Å². The minimum absolute atomic E-state index is 0.361. The molecule has 0 radical (unpaired) electrons. The van der Waals surface area contributed by atoms with E-state index in [0.717, 1.165) is 25.0 Å². The number of rotatable bonds is 3. The summed E-state index contributed by atoms with van der Waals surface area (Å²) < 4.78 is 26.2. The van der Waals surface area contributed by atoms with E-state index >= 15 is 0 Å². The molecule has 0 spiro atoms. The van der Waals surface area contributed by atoms with Crippen molar-refractivity contribution in [3.63, 3.8) is 0 Å². The summed E-state index contributed by atoms with van der Waals surface area (Å²) in [4.78, 5) is 10.7. The zero-order valence-electron chi connectivity index (χ0n) is 8.46. The van der Waals surface area contributed by atoms with Crippen LogP contribution in [-0.4, -0.2) is 16.6 Å². The van der Waals surface area contributed by atoms with Crippen molar-refractivity contribution in [2.75, 3.05) is 0 Å². The van der Waals surface area contributed by atoms with Gasteiger partial charge in [-0.2, -0.15) is 0 Å². The molecule has 1 saturated carbocycles. The second-order valence-electron chi connectivity index (χ2n) is 4.28. The fraction of sp³-hybridized carbons (Fsp3) is 0.364. The summed E-state index contributed by atoms with van der Waals surface area (Å²) in [5.41, 5.74) is 5.26. The lowest BCUT2D eigenvalue weighted by Gasteiger charge is -2.10. The van der Waals surface area contributed by atoms with Crippen molar-refractivity contribution < 1.29 is 18.7 Å². The van der Waals surface area contributed by atoms with Crippen molar-refractivity contribution in [3.05, 3.63) is 34.9 Å². The van der Waals surface area contributed by atoms with Crippen molar-refractivity contribution >= 4 is 5.97 Å². The first kappa shape index (κ1) is 11.0. The molecule has 3 N–H and O–H groups in total. The number of hydrogen-bond donors (Lipinski definition) is 2. The van der Waals surface area contributed by atoms with Crippen LogP contribution in [0.3, 0.4) is 0 Å². The van der Waals surface area contributed by atoms with E-state index in [-0.39, 0.29) is 5.54 Å². The molecular formula is C11H11F2NO2. The number of carboxylic acid groups (broad SMARTS) is 1. The van der Waals surface area contributed by atoms with Gasteiger partial charge in [0.25, 0.3) is 0 Å². The normalized spacial score (nSPS) is 17.2. The molecule has 1 aliphatic rings. The van der Waals surface area contributed by atoms with E-state index in [0.29, 0.717) is 12.0 Å². The number of halogens is 2. The van der Waals surface area contributed by atoms with Gasteiger partial charge in [0.05, 0.1) is 5.56 Å². The predicted octanol–water partition coefficient (Wildman–Crippen LogP) is 1.70. The first-order chi connectivity index (χ1) is 7.41. The highest BCUT2D eigenvalue weighted by atomic mass is 19.2. The van der Waals surface area contributed by atoms with Gasteiger partial charge in [-0.15, -0.1) is 0 Å². The fourth-order valence-electron chi connectivity index (χ4n) is 1.65. The van der Waals surface area contributed by atoms with Crippen LogP contribution in [0.25, 0.3) is 0 Å². The van der Waals surface area contributed by atoms with Crippen LogP contribution in [0.2, 0.25) is 0 Å². The molecule has 0 bridgehead atoms. The molecule has 0 saturated heterocycles. The molecule has 86 valence electrons. The largest absolute Gasteiger partial charge is 0.478 e. The Morgan fingerprint density at radius 3 is 2.56 bits per heavy atom. The minimum Gasteiger partial charge on any atom is -0.478 e. The van der Waals surface area contributed by atoms with Crippen molar-refractivity contribution in [2.45, 2.75) is 24.8 Å². The van der Waals surface area contributed by atoms with Crippen molar-refractivity contribution in [2.24, 2.45) is 5.73 Å². The Kier molecular flexibility index (Phi) is 2.42. The summed E-state index contributed by atoms with van der Waals surface area (Å²) in [7, 11) is 0. The third-order valence-corrected chi connectivity index (χ3v) is 2.77. The number of carbonyl (C=O) groups is 1. The van der Waals surface area contributed by atoms with Gasteiger partial charge in [0.2, 0.25) is 0 Å². The topological polar surface area (TPSA) is 63.3 Å². The maximum Gasteiger partial charge on any atom is 0.338 e. The Bertz CT molecular complexity index is 456. The van der Waals surface area contributed by atoms with E-state index in [4.69, 9.17) is 10.8 Å². The van der Waals surface area contributed by atoms with Crippen molar-refractivity contribution in [3.8, 4) is 0 Å². The molecule has 0 aliphatic heterocycles. The molecule has 1 aromatic carbocycles. The van der Waals surface area contributed by atoms with Gasteiger partial charge in [0.15, 0.2) is 11.6 Å². The number of benzene rings is 1. The van der Waals surface area contributed by atoms with Crippen molar-refractivity contribution in [1.82, 2.24) is 0 Å². The van der Waals surface area contributed by atoms with Gasteiger partial charge in [0.1, 0.15) is 0 Å². The lowest BCUT2D eigenvalue weighted by Crippen LogP contribution is -2.24. The zero-order chi connectivity index (χ0) is 11.9. The Hall–Kier alpha value is -1.49. The first-order valence-electron chi connectivity index (χ1n) is 4.91. The Balaban J connectivity index is 2.36. The van der Waals surface area contributed by atoms with Crippen LogP contribution < -0.4 is 5.73 Å². The number of carboxylic acids is 1. The van der Waals surface area contributed by atoms with Gasteiger partial charge in [0, 0.05) is 5.54 Å². The number of hydrogen-bond acceptors (Lipinski definition) is 2. The summed E-state index contributed by atoms with van der Waals surface area (Å²) in [5.74, 6) is -3.93. The fourth-order valence-corrected chi connectivity index (χ4v) is 1.65. The standard InChI is InChI=1S/C11H11F2NO2/c12-8-4-6(5-11(14)1-2-11)3-7(9(8)13)10(15)16/h3-4H,1-2,5,14H2,(H,15,16). The van der Waals surface area contributed by atoms with E-state index < -0.39 is 23.2 Å². The third-order valence-electron chi connectivity index (χ3n) is 2.77. The quantitative estimate of drug-likeness (QED) is 0.826. The van der Waals surface area contributed by atoms with Gasteiger partial charge < -0.3 is 10.8 Å².